The summed E-state index contributed by atoms with van der Waals surface area (Å²) in [6, 6.07) is 4.51. The van der Waals surface area contributed by atoms with Gasteiger partial charge in [-0.15, -0.1) is 0 Å². The van der Waals surface area contributed by atoms with Gasteiger partial charge in [0.05, 0.1) is 5.56 Å². The van der Waals surface area contributed by atoms with E-state index in [1.165, 1.54) is 12.1 Å². The SMILES string of the molecule is CN(C(=O)c1ccc(C#CCO)cc1F)C1CCC1. The average Bonchev–Trinajstić information content (AvgIpc) is 2.33. The van der Waals surface area contributed by atoms with Crippen LogP contribution in [0, 0.1) is 17.7 Å². The molecular weight excluding hydrogens is 245 g/mol. The van der Waals surface area contributed by atoms with Crippen LogP contribution in [0.15, 0.2) is 18.2 Å². The van der Waals surface area contributed by atoms with Crippen LogP contribution in [-0.2, 0) is 0 Å². The highest BCUT2D eigenvalue weighted by molar-refractivity contribution is 5.94. The molecule has 0 radical (unpaired) electrons. The van der Waals surface area contributed by atoms with Crippen LogP contribution < -0.4 is 0 Å². The summed E-state index contributed by atoms with van der Waals surface area (Å²) in [4.78, 5) is 13.7. The van der Waals surface area contributed by atoms with Crippen LogP contribution in [0.25, 0.3) is 0 Å². The molecule has 1 saturated carbocycles. The van der Waals surface area contributed by atoms with Crippen molar-refractivity contribution in [3.63, 3.8) is 0 Å². The van der Waals surface area contributed by atoms with Crippen molar-refractivity contribution in [2.75, 3.05) is 13.7 Å². The van der Waals surface area contributed by atoms with Gasteiger partial charge < -0.3 is 10.0 Å². The predicted octanol–water partition coefficient (Wildman–Crippen LogP) is 1.79. The first-order valence-corrected chi connectivity index (χ1v) is 6.30. The van der Waals surface area contributed by atoms with Crippen molar-refractivity contribution in [1.29, 1.82) is 0 Å². The highest BCUT2D eigenvalue weighted by Crippen LogP contribution is 2.25. The average molecular weight is 261 g/mol. The first kappa shape index (κ1) is 13.6. The lowest BCUT2D eigenvalue weighted by molar-refractivity contribution is 0.0647. The molecule has 0 saturated heterocycles. The molecule has 2 rings (SSSR count). The number of hydrogen-bond donors (Lipinski definition) is 1. The molecule has 0 heterocycles. The summed E-state index contributed by atoms with van der Waals surface area (Å²) in [5, 5.41) is 8.58. The van der Waals surface area contributed by atoms with E-state index in [-0.39, 0.29) is 24.1 Å². The van der Waals surface area contributed by atoms with E-state index >= 15 is 0 Å². The molecule has 1 aromatic carbocycles. The van der Waals surface area contributed by atoms with E-state index < -0.39 is 5.82 Å². The Bertz CT molecular complexity index is 541. The van der Waals surface area contributed by atoms with Crippen molar-refractivity contribution in [3.8, 4) is 11.8 Å². The molecule has 1 aliphatic rings. The molecule has 1 aromatic rings. The van der Waals surface area contributed by atoms with Crippen molar-refractivity contribution in [1.82, 2.24) is 4.90 Å². The van der Waals surface area contributed by atoms with Crippen LogP contribution in [0.4, 0.5) is 4.39 Å². The molecule has 1 fully saturated rings. The molecule has 0 spiro atoms. The molecule has 0 bridgehead atoms. The number of carbonyl (C=O) groups excluding carboxylic acids is 1. The molecule has 0 aromatic heterocycles. The molecule has 4 heteroatoms. The Labute approximate surface area is 112 Å². The lowest BCUT2D eigenvalue weighted by Gasteiger charge is -2.34. The molecular formula is C15H16FNO2. The molecule has 100 valence electrons. The Hall–Kier alpha value is -1.86. The summed E-state index contributed by atoms with van der Waals surface area (Å²) < 4.78 is 13.9. The zero-order valence-electron chi connectivity index (χ0n) is 10.8. The highest BCUT2D eigenvalue weighted by Gasteiger charge is 2.27. The minimum Gasteiger partial charge on any atom is -0.384 e. The Balaban J connectivity index is 2.18. The topological polar surface area (TPSA) is 40.5 Å². The van der Waals surface area contributed by atoms with Gasteiger partial charge in [0.1, 0.15) is 12.4 Å². The summed E-state index contributed by atoms with van der Waals surface area (Å²) in [5.74, 6) is 4.20. The maximum Gasteiger partial charge on any atom is 0.256 e. The van der Waals surface area contributed by atoms with E-state index in [1.54, 1.807) is 18.0 Å². The van der Waals surface area contributed by atoms with Gasteiger partial charge in [-0.25, -0.2) is 4.39 Å². The lowest BCUT2D eigenvalue weighted by atomic mass is 9.91. The summed E-state index contributed by atoms with van der Waals surface area (Å²) in [7, 11) is 1.71. The highest BCUT2D eigenvalue weighted by atomic mass is 19.1. The van der Waals surface area contributed by atoms with Crippen molar-refractivity contribution in [2.24, 2.45) is 0 Å². The quantitative estimate of drug-likeness (QED) is 0.825. The molecule has 1 amide bonds. The second-order valence-corrected chi connectivity index (χ2v) is 4.66. The Morgan fingerprint density at radius 3 is 2.79 bits per heavy atom. The fourth-order valence-corrected chi connectivity index (χ4v) is 2.04. The first-order chi connectivity index (χ1) is 9.13. The van der Waals surface area contributed by atoms with Crippen molar-refractivity contribution < 1.29 is 14.3 Å². The van der Waals surface area contributed by atoms with Crippen LogP contribution in [-0.4, -0.2) is 35.6 Å². The zero-order chi connectivity index (χ0) is 13.8. The van der Waals surface area contributed by atoms with Gasteiger partial charge in [0.2, 0.25) is 0 Å². The van der Waals surface area contributed by atoms with Crippen molar-refractivity contribution in [2.45, 2.75) is 25.3 Å². The number of aliphatic hydroxyl groups excluding tert-OH is 1. The van der Waals surface area contributed by atoms with Crippen molar-refractivity contribution >= 4 is 5.91 Å². The number of carbonyl (C=O) groups is 1. The number of amides is 1. The van der Waals surface area contributed by atoms with Crippen LogP contribution in [0.1, 0.15) is 35.2 Å². The third kappa shape index (κ3) is 2.94. The maximum atomic E-state index is 13.9. The van der Waals surface area contributed by atoms with Gasteiger partial charge in [0.15, 0.2) is 0 Å². The summed E-state index contributed by atoms with van der Waals surface area (Å²) in [6.07, 6.45) is 3.11. The lowest BCUT2D eigenvalue weighted by Crippen LogP contribution is -2.41. The van der Waals surface area contributed by atoms with Gasteiger partial charge in [-0.05, 0) is 37.5 Å². The van der Waals surface area contributed by atoms with E-state index in [1.807, 2.05) is 0 Å². The third-order valence-electron chi connectivity index (χ3n) is 3.45. The summed E-state index contributed by atoms with van der Waals surface area (Å²) in [5.41, 5.74) is 0.526. The first-order valence-electron chi connectivity index (χ1n) is 6.30. The molecule has 0 aliphatic heterocycles. The molecule has 0 atom stereocenters. The zero-order valence-corrected chi connectivity index (χ0v) is 10.8. The number of aliphatic hydroxyl groups is 1. The molecule has 19 heavy (non-hydrogen) atoms. The van der Waals surface area contributed by atoms with Gasteiger partial charge in [0.25, 0.3) is 5.91 Å². The predicted molar refractivity (Wildman–Crippen MR) is 70.1 cm³/mol. The van der Waals surface area contributed by atoms with Gasteiger partial charge >= 0.3 is 0 Å². The molecule has 0 unspecified atom stereocenters. The number of hydrogen-bond acceptors (Lipinski definition) is 2. The van der Waals surface area contributed by atoms with Crippen LogP contribution in [0.2, 0.25) is 0 Å². The normalized spacial score (nSPS) is 14.3. The molecule has 3 nitrogen and oxygen atoms in total. The standard InChI is InChI=1S/C15H16FNO2/c1-17(12-5-2-6-12)15(19)13-8-7-11(4-3-9-18)10-14(13)16/h7-8,10,12,18H,2,5-6,9H2,1H3. The van der Waals surface area contributed by atoms with Crippen LogP contribution in [0.5, 0.6) is 0 Å². The fraction of sp³-hybridized carbons (Fsp3) is 0.400. The minimum absolute atomic E-state index is 0.0731. The Morgan fingerprint density at radius 1 is 1.53 bits per heavy atom. The van der Waals surface area contributed by atoms with E-state index in [9.17, 15) is 9.18 Å². The summed E-state index contributed by atoms with van der Waals surface area (Å²) >= 11 is 0. The Morgan fingerprint density at radius 2 is 2.26 bits per heavy atom. The van der Waals surface area contributed by atoms with Crippen LogP contribution >= 0.6 is 0 Å². The van der Waals surface area contributed by atoms with Gasteiger partial charge in [0, 0.05) is 18.7 Å². The van der Waals surface area contributed by atoms with E-state index in [0.717, 1.165) is 19.3 Å². The molecule has 1 N–H and O–H groups in total. The van der Waals surface area contributed by atoms with Crippen molar-refractivity contribution in [3.05, 3.63) is 35.1 Å². The van der Waals surface area contributed by atoms with E-state index in [2.05, 4.69) is 11.8 Å². The maximum absolute atomic E-state index is 13.9. The second-order valence-electron chi connectivity index (χ2n) is 4.66. The smallest absolute Gasteiger partial charge is 0.256 e. The summed E-state index contributed by atoms with van der Waals surface area (Å²) in [6.45, 7) is -0.271. The molecule has 1 aliphatic carbocycles. The number of halogens is 1. The third-order valence-corrected chi connectivity index (χ3v) is 3.45. The monoisotopic (exact) mass is 261 g/mol. The second kappa shape index (κ2) is 5.85. The van der Waals surface area contributed by atoms with E-state index in [0.29, 0.717) is 5.56 Å². The fourth-order valence-electron chi connectivity index (χ4n) is 2.04. The number of rotatable bonds is 2. The number of nitrogens with zero attached hydrogens (tertiary/aromatic N) is 1. The number of benzene rings is 1. The minimum atomic E-state index is -0.569. The van der Waals surface area contributed by atoms with Crippen LogP contribution in [0.3, 0.4) is 0 Å². The van der Waals surface area contributed by atoms with Gasteiger partial charge in [-0.2, -0.15) is 0 Å². The largest absolute Gasteiger partial charge is 0.384 e. The Kier molecular flexibility index (Phi) is 4.18. The van der Waals surface area contributed by atoms with E-state index in [4.69, 9.17) is 5.11 Å². The van der Waals surface area contributed by atoms with Gasteiger partial charge in [-0.3, -0.25) is 4.79 Å². The van der Waals surface area contributed by atoms with Gasteiger partial charge in [-0.1, -0.05) is 11.8 Å².